The van der Waals surface area contributed by atoms with Gasteiger partial charge in [-0.25, -0.2) is 19.9 Å². The second kappa shape index (κ2) is 6.67. The molecule has 10 heteroatoms. The zero-order valence-electron chi connectivity index (χ0n) is 14.0. The molecule has 134 valence electrons. The smallest absolute Gasteiger partial charge is 0.330 e. The molecule has 3 amide bonds. The Balaban J connectivity index is 1.63. The number of fused-ring (bicyclic) bond motifs is 2. The van der Waals surface area contributed by atoms with E-state index in [4.69, 9.17) is 5.73 Å². The van der Waals surface area contributed by atoms with Gasteiger partial charge in [-0.15, -0.1) is 5.10 Å². The molecule has 0 atom stereocenters. The van der Waals surface area contributed by atoms with Crippen LogP contribution in [0.4, 0.5) is 4.79 Å². The molecule has 4 rings (SSSR count). The third kappa shape index (κ3) is 3.35. The topological polar surface area (TPSA) is 141 Å². The van der Waals surface area contributed by atoms with Crippen LogP contribution in [-0.4, -0.2) is 36.9 Å². The number of rotatable bonds is 3. The summed E-state index contributed by atoms with van der Waals surface area (Å²) in [7, 11) is 0. The Hall–Kier alpha value is -4.08. The van der Waals surface area contributed by atoms with Crippen LogP contribution in [0.3, 0.4) is 0 Å². The van der Waals surface area contributed by atoms with E-state index in [1.807, 2.05) is 35.8 Å². The Morgan fingerprint density at radius 2 is 1.93 bits per heavy atom. The van der Waals surface area contributed by atoms with Gasteiger partial charge in [-0.05, 0) is 35.9 Å². The average molecular weight is 362 g/mol. The van der Waals surface area contributed by atoms with Crippen LogP contribution in [0, 0.1) is 0 Å². The van der Waals surface area contributed by atoms with Crippen LogP contribution in [0.15, 0.2) is 48.7 Å². The first kappa shape index (κ1) is 16.4. The van der Waals surface area contributed by atoms with Crippen LogP contribution in [0.1, 0.15) is 16.1 Å². The van der Waals surface area contributed by atoms with Crippen molar-refractivity contribution in [2.45, 2.75) is 6.54 Å². The number of amides is 3. The van der Waals surface area contributed by atoms with Gasteiger partial charge in [-0.1, -0.05) is 17.3 Å². The largest absolute Gasteiger partial charge is 0.350 e. The maximum atomic E-state index is 12.0. The van der Waals surface area contributed by atoms with Crippen LogP contribution in [0.5, 0.6) is 0 Å². The highest BCUT2D eigenvalue weighted by Gasteiger charge is 2.13. The molecule has 4 aromatic rings. The van der Waals surface area contributed by atoms with E-state index in [1.54, 1.807) is 16.9 Å². The van der Waals surface area contributed by atoms with E-state index in [0.29, 0.717) is 17.7 Å². The highest BCUT2D eigenvalue weighted by molar-refractivity contribution is 5.94. The summed E-state index contributed by atoms with van der Waals surface area (Å²) in [6, 6.07) is 12.0. The van der Waals surface area contributed by atoms with Gasteiger partial charge >= 0.3 is 6.03 Å². The van der Waals surface area contributed by atoms with E-state index in [0.717, 1.165) is 16.5 Å². The molecule has 0 unspecified atom stereocenters. The van der Waals surface area contributed by atoms with E-state index in [2.05, 4.69) is 25.7 Å². The summed E-state index contributed by atoms with van der Waals surface area (Å²) in [4.78, 5) is 31.3. The Morgan fingerprint density at radius 3 is 2.78 bits per heavy atom. The van der Waals surface area contributed by atoms with Crippen molar-refractivity contribution in [2.75, 3.05) is 0 Å². The first-order chi connectivity index (χ1) is 13.1. The van der Waals surface area contributed by atoms with Crippen molar-refractivity contribution in [3.05, 3.63) is 59.9 Å². The second-order valence-corrected chi connectivity index (χ2v) is 5.76. The van der Waals surface area contributed by atoms with Crippen LogP contribution in [-0.2, 0) is 6.54 Å². The molecule has 3 heterocycles. The highest BCUT2D eigenvalue weighted by atomic mass is 16.2. The lowest BCUT2D eigenvalue weighted by molar-refractivity contribution is 0.0932. The number of nitrogens with one attached hydrogen (secondary N) is 2. The van der Waals surface area contributed by atoms with Crippen molar-refractivity contribution in [1.82, 2.24) is 35.8 Å². The van der Waals surface area contributed by atoms with Gasteiger partial charge in [-0.2, -0.15) is 0 Å². The lowest BCUT2D eigenvalue weighted by Crippen LogP contribution is -2.44. The van der Waals surface area contributed by atoms with Crippen LogP contribution in [0.2, 0.25) is 0 Å². The van der Waals surface area contributed by atoms with E-state index < -0.39 is 11.9 Å². The fraction of sp³-hybridized carbons (Fsp3) is 0.0588. The summed E-state index contributed by atoms with van der Waals surface area (Å²) in [5.74, 6) is -0.597. The SMILES string of the molecule is NC(=O)NNC(=O)c1ccc2nnn(Cc3ccc4ncccc4c3)c2n1. The Labute approximate surface area is 152 Å². The number of hydrogen-bond donors (Lipinski definition) is 3. The zero-order chi connectivity index (χ0) is 18.8. The molecular formula is C17H14N8O2. The lowest BCUT2D eigenvalue weighted by atomic mass is 10.1. The Kier molecular flexibility index (Phi) is 4.05. The van der Waals surface area contributed by atoms with Gasteiger partial charge in [-0.3, -0.25) is 15.2 Å². The Bertz CT molecular complexity index is 1170. The molecule has 0 aliphatic carbocycles. The molecule has 27 heavy (non-hydrogen) atoms. The van der Waals surface area contributed by atoms with Gasteiger partial charge in [0.1, 0.15) is 11.2 Å². The maximum absolute atomic E-state index is 12.0. The fourth-order valence-electron chi connectivity index (χ4n) is 2.67. The number of nitrogens with zero attached hydrogens (tertiary/aromatic N) is 5. The van der Waals surface area contributed by atoms with E-state index >= 15 is 0 Å². The summed E-state index contributed by atoms with van der Waals surface area (Å²) in [6.07, 6.45) is 1.75. The summed E-state index contributed by atoms with van der Waals surface area (Å²) in [5, 5.41) is 9.20. The third-order valence-corrected chi connectivity index (χ3v) is 3.89. The molecule has 0 aliphatic heterocycles. The third-order valence-electron chi connectivity index (χ3n) is 3.89. The number of primary amides is 1. The molecule has 0 spiro atoms. The van der Waals surface area contributed by atoms with Crippen molar-refractivity contribution in [3.8, 4) is 0 Å². The van der Waals surface area contributed by atoms with Gasteiger partial charge < -0.3 is 5.73 Å². The predicted molar refractivity (Wildman–Crippen MR) is 96.4 cm³/mol. The van der Waals surface area contributed by atoms with Gasteiger partial charge in [0.25, 0.3) is 5.91 Å². The fourth-order valence-corrected chi connectivity index (χ4v) is 2.67. The summed E-state index contributed by atoms with van der Waals surface area (Å²) < 4.78 is 1.60. The molecule has 0 fully saturated rings. The highest BCUT2D eigenvalue weighted by Crippen LogP contribution is 2.16. The van der Waals surface area contributed by atoms with E-state index in [1.165, 1.54) is 6.07 Å². The molecular weight excluding hydrogens is 348 g/mol. The monoisotopic (exact) mass is 362 g/mol. The molecule has 4 N–H and O–H groups in total. The minimum Gasteiger partial charge on any atom is -0.350 e. The molecule has 0 radical (unpaired) electrons. The maximum Gasteiger partial charge on any atom is 0.330 e. The number of pyridine rings is 2. The zero-order valence-corrected chi connectivity index (χ0v) is 14.0. The minimum absolute atomic E-state index is 0.0995. The predicted octanol–water partition coefficient (Wildman–Crippen LogP) is 0.736. The number of aromatic nitrogens is 5. The second-order valence-electron chi connectivity index (χ2n) is 5.76. The van der Waals surface area contributed by atoms with Crippen LogP contribution < -0.4 is 16.6 Å². The first-order valence-electron chi connectivity index (χ1n) is 8.00. The van der Waals surface area contributed by atoms with Crippen LogP contribution >= 0.6 is 0 Å². The van der Waals surface area contributed by atoms with E-state index in [-0.39, 0.29) is 5.69 Å². The Morgan fingerprint density at radius 1 is 1.07 bits per heavy atom. The number of carbonyl (C=O) groups excluding carboxylic acids is 2. The number of hydrazine groups is 1. The average Bonchev–Trinajstić information content (AvgIpc) is 3.08. The normalized spacial score (nSPS) is 10.8. The van der Waals surface area contributed by atoms with Crippen LogP contribution in [0.25, 0.3) is 22.1 Å². The van der Waals surface area contributed by atoms with Gasteiger partial charge in [0.15, 0.2) is 5.65 Å². The number of hydrogen-bond acceptors (Lipinski definition) is 6. The number of nitrogens with two attached hydrogens (primary N) is 1. The van der Waals surface area contributed by atoms with E-state index in [9.17, 15) is 9.59 Å². The number of carbonyl (C=O) groups is 2. The molecule has 0 saturated heterocycles. The molecule has 0 bridgehead atoms. The van der Waals surface area contributed by atoms with Crippen molar-refractivity contribution in [2.24, 2.45) is 5.73 Å². The molecule has 3 aromatic heterocycles. The van der Waals surface area contributed by atoms with Gasteiger partial charge in [0.05, 0.1) is 12.1 Å². The van der Waals surface area contributed by atoms with Crippen molar-refractivity contribution < 1.29 is 9.59 Å². The first-order valence-corrected chi connectivity index (χ1v) is 8.00. The quantitative estimate of drug-likeness (QED) is 0.459. The summed E-state index contributed by atoms with van der Waals surface area (Å²) in [6.45, 7) is 0.430. The molecule has 1 aromatic carbocycles. The number of benzene rings is 1. The lowest BCUT2D eigenvalue weighted by Gasteiger charge is -2.06. The van der Waals surface area contributed by atoms with Gasteiger partial charge in [0.2, 0.25) is 0 Å². The molecule has 10 nitrogen and oxygen atoms in total. The van der Waals surface area contributed by atoms with Crippen molar-refractivity contribution in [1.29, 1.82) is 0 Å². The summed E-state index contributed by atoms with van der Waals surface area (Å²) >= 11 is 0. The number of urea groups is 1. The minimum atomic E-state index is -0.873. The standard InChI is InChI=1S/C17H14N8O2/c18-17(27)23-22-16(26)14-6-5-13-15(20-14)25(24-21-13)9-10-3-4-12-11(8-10)2-1-7-19-12/h1-8H,9H2,(H,22,26)(H3,18,23,27). The van der Waals surface area contributed by atoms with Crippen molar-refractivity contribution >= 4 is 34.0 Å². The molecule has 0 aliphatic rings. The summed E-state index contributed by atoms with van der Waals surface area (Å²) in [5.41, 5.74) is 12.1. The van der Waals surface area contributed by atoms with Gasteiger partial charge in [0, 0.05) is 11.6 Å². The van der Waals surface area contributed by atoms with Crippen molar-refractivity contribution in [3.63, 3.8) is 0 Å². The molecule has 0 saturated carbocycles.